The van der Waals surface area contributed by atoms with Crippen LogP contribution in [0.15, 0.2) is 18.2 Å². The van der Waals surface area contributed by atoms with Crippen molar-refractivity contribution in [3.8, 4) is 0 Å². The van der Waals surface area contributed by atoms with Crippen molar-refractivity contribution in [2.75, 3.05) is 19.8 Å². The van der Waals surface area contributed by atoms with E-state index in [1.165, 1.54) is 0 Å². The van der Waals surface area contributed by atoms with Gasteiger partial charge in [-0.3, -0.25) is 4.79 Å². The van der Waals surface area contributed by atoms with Crippen LogP contribution in [0.1, 0.15) is 36.0 Å². The van der Waals surface area contributed by atoms with Gasteiger partial charge >= 0.3 is 0 Å². The van der Waals surface area contributed by atoms with E-state index in [2.05, 4.69) is 5.32 Å². The zero-order chi connectivity index (χ0) is 15.6. The lowest BCUT2D eigenvalue weighted by Crippen LogP contribution is -2.51. The summed E-state index contributed by atoms with van der Waals surface area (Å²) in [5.74, 6) is -1.92. The van der Waals surface area contributed by atoms with E-state index in [0.29, 0.717) is 32.7 Å². The summed E-state index contributed by atoms with van der Waals surface area (Å²) in [7, 11) is 0. The van der Waals surface area contributed by atoms with Crippen LogP contribution < -0.4 is 5.32 Å². The van der Waals surface area contributed by atoms with Crippen LogP contribution in [0.4, 0.5) is 8.78 Å². The summed E-state index contributed by atoms with van der Waals surface area (Å²) in [5, 5.41) is 2.81. The Balaban J connectivity index is 1.67. The van der Waals surface area contributed by atoms with Gasteiger partial charge in [-0.15, -0.1) is 0 Å². The van der Waals surface area contributed by atoms with Crippen molar-refractivity contribution >= 4 is 5.91 Å². The van der Waals surface area contributed by atoms with Crippen LogP contribution >= 0.6 is 0 Å². The highest BCUT2D eigenvalue weighted by molar-refractivity contribution is 5.94. The molecule has 0 bridgehead atoms. The first-order chi connectivity index (χ1) is 10.6. The fourth-order valence-corrected chi connectivity index (χ4v) is 3.18. The Morgan fingerprint density at radius 1 is 1.23 bits per heavy atom. The van der Waals surface area contributed by atoms with Crippen LogP contribution in [-0.4, -0.2) is 37.4 Å². The van der Waals surface area contributed by atoms with E-state index in [1.807, 2.05) is 0 Å². The van der Waals surface area contributed by atoms with E-state index in [1.54, 1.807) is 0 Å². The standard InChI is InChI=1S/C16H19F2NO3/c17-11-1-2-14(18)13(9-11)15(20)19-12-3-6-22-16(10-12)4-7-21-8-5-16/h1-2,9,12H,3-8,10H2,(H,19,20)/t12-/m1/s1. The molecule has 0 aliphatic carbocycles. The molecule has 0 unspecified atom stereocenters. The van der Waals surface area contributed by atoms with Gasteiger partial charge < -0.3 is 14.8 Å². The summed E-state index contributed by atoms with van der Waals surface area (Å²) < 4.78 is 38.1. The Labute approximate surface area is 127 Å². The monoisotopic (exact) mass is 311 g/mol. The first-order valence-corrected chi connectivity index (χ1v) is 7.56. The molecule has 0 aromatic heterocycles. The molecule has 4 nitrogen and oxygen atoms in total. The molecule has 2 aliphatic rings. The smallest absolute Gasteiger partial charge is 0.254 e. The molecular weight excluding hydrogens is 292 g/mol. The highest BCUT2D eigenvalue weighted by atomic mass is 19.1. The fourth-order valence-electron chi connectivity index (χ4n) is 3.18. The third-order valence-electron chi connectivity index (χ3n) is 4.41. The Morgan fingerprint density at radius 2 is 2.00 bits per heavy atom. The largest absolute Gasteiger partial charge is 0.381 e. The molecule has 6 heteroatoms. The molecule has 120 valence electrons. The van der Waals surface area contributed by atoms with Gasteiger partial charge in [0.25, 0.3) is 5.91 Å². The molecule has 1 amide bonds. The number of nitrogens with one attached hydrogen (secondary N) is 1. The molecule has 2 fully saturated rings. The van der Waals surface area contributed by atoms with Crippen molar-refractivity contribution in [3.63, 3.8) is 0 Å². The Kier molecular flexibility index (Phi) is 4.40. The maximum Gasteiger partial charge on any atom is 0.254 e. The molecule has 22 heavy (non-hydrogen) atoms. The lowest BCUT2D eigenvalue weighted by molar-refractivity contribution is -0.139. The second-order valence-electron chi connectivity index (χ2n) is 5.93. The van der Waals surface area contributed by atoms with Crippen molar-refractivity contribution in [2.24, 2.45) is 0 Å². The summed E-state index contributed by atoms with van der Waals surface area (Å²) in [6.07, 6.45) is 2.95. The van der Waals surface area contributed by atoms with Crippen LogP contribution in [0.5, 0.6) is 0 Å². The molecule has 1 atom stereocenters. The summed E-state index contributed by atoms with van der Waals surface area (Å²) >= 11 is 0. The zero-order valence-corrected chi connectivity index (χ0v) is 12.2. The number of hydrogen-bond donors (Lipinski definition) is 1. The van der Waals surface area contributed by atoms with Crippen molar-refractivity contribution in [1.82, 2.24) is 5.32 Å². The number of benzene rings is 1. The predicted molar refractivity (Wildman–Crippen MR) is 75.6 cm³/mol. The third kappa shape index (κ3) is 3.28. The average molecular weight is 311 g/mol. The zero-order valence-electron chi connectivity index (χ0n) is 12.2. The molecule has 0 radical (unpaired) electrons. The van der Waals surface area contributed by atoms with Gasteiger partial charge in [0.15, 0.2) is 0 Å². The van der Waals surface area contributed by atoms with Gasteiger partial charge in [0.1, 0.15) is 11.6 Å². The van der Waals surface area contributed by atoms with E-state index >= 15 is 0 Å². The van der Waals surface area contributed by atoms with Crippen molar-refractivity contribution < 1.29 is 23.0 Å². The lowest BCUT2D eigenvalue weighted by Gasteiger charge is -2.43. The molecule has 1 aromatic rings. The first kappa shape index (κ1) is 15.4. The maximum atomic E-state index is 13.7. The topological polar surface area (TPSA) is 47.6 Å². The van der Waals surface area contributed by atoms with Gasteiger partial charge in [-0.2, -0.15) is 0 Å². The summed E-state index contributed by atoms with van der Waals surface area (Å²) in [5.41, 5.74) is -0.512. The van der Waals surface area contributed by atoms with Crippen LogP contribution in [0.2, 0.25) is 0 Å². The second-order valence-corrected chi connectivity index (χ2v) is 5.93. The molecule has 1 N–H and O–H groups in total. The SMILES string of the molecule is O=C(N[C@@H]1CCOC2(CCOCC2)C1)c1cc(F)ccc1F. The predicted octanol–water partition coefficient (Wildman–Crippen LogP) is 2.42. The maximum absolute atomic E-state index is 13.7. The third-order valence-corrected chi connectivity index (χ3v) is 4.41. The Bertz CT molecular complexity index is 553. The van der Waals surface area contributed by atoms with E-state index in [9.17, 15) is 13.6 Å². The van der Waals surface area contributed by atoms with Crippen LogP contribution in [0.3, 0.4) is 0 Å². The molecule has 0 saturated carbocycles. The minimum Gasteiger partial charge on any atom is -0.381 e. The quantitative estimate of drug-likeness (QED) is 0.912. The molecule has 1 aromatic carbocycles. The summed E-state index contributed by atoms with van der Waals surface area (Å²) in [6.45, 7) is 1.86. The number of ether oxygens (including phenoxy) is 2. The molecule has 1 spiro atoms. The number of carbonyl (C=O) groups is 1. The molecular formula is C16H19F2NO3. The normalized spacial score (nSPS) is 24.2. The fraction of sp³-hybridized carbons (Fsp3) is 0.562. The number of rotatable bonds is 2. The minimum absolute atomic E-state index is 0.0954. The molecule has 2 aliphatic heterocycles. The van der Waals surface area contributed by atoms with Crippen LogP contribution in [0, 0.1) is 11.6 Å². The van der Waals surface area contributed by atoms with Gasteiger partial charge in [-0.1, -0.05) is 0 Å². The Hall–Kier alpha value is -1.53. The summed E-state index contributed by atoms with van der Waals surface area (Å²) in [6, 6.07) is 2.79. The number of carbonyl (C=O) groups excluding carboxylic acids is 1. The van der Waals surface area contributed by atoms with Crippen molar-refractivity contribution in [2.45, 2.75) is 37.3 Å². The van der Waals surface area contributed by atoms with Gasteiger partial charge in [0, 0.05) is 25.9 Å². The van der Waals surface area contributed by atoms with E-state index in [4.69, 9.17) is 9.47 Å². The summed E-state index contributed by atoms with van der Waals surface area (Å²) in [4.78, 5) is 12.2. The first-order valence-electron chi connectivity index (χ1n) is 7.56. The van der Waals surface area contributed by atoms with E-state index in [-0.39, 0.29) is 17.2 Å². The van der Waals surface area contributed by atoms with E-state index in [0.717, 1.165) is 31.0 Å². The number of amides is 1. The number of halogens is 2. The van der Waals surface area contributed by atoms with Gasteiger partial charge in [-0.05, 0) is 43.9 Å². The van der Waals surface area contributed by atoms with E-state index < -0.39 is 17.5 Å². The second kappa shape index (κ2) is 6.30. The molecule has 2 saturated heterocycles. The number of hydrogen-bond acceptors (Lipinski definition) is 3. The van der Waals surface area contributed by atoms with Gasteiger partial charge in [0.05, 0.1) is 11.2 Å². The van der Waals surface area contributed by atoms with Crippen LogP contribution in [0.25, 0.3) is 0 Å². The highest BCUT2D eigenvalue weighted by Crippen LogP contribution is 2.34. The molecule has 2 heterocycles. The van der Waals surface area contributed by atoms with Crippen molar-refractivity contribution in [1.29, 1.82) is 0 Å². The van der Waals surface area contributed by atoms with Crippen molar-refractivity contribution in [3.05, 3.63) is 35.4 Å². The lowest BCUT2D eigenvalue weighted by atomic mass is 9.84. The highest BCUT2D eigenvalue weighted by Gasteiger charge is 2.39. The molecule has 3 rings (SSSR count). The Morgan fingerprint density at radius 3 is 2.77 bits per heavy atom. The average Bonchev–Trinajstić information content (AvgIpc) is 2.50. The van der Waals surface area contributed by atoms with Crippen LogP contribution in [-0.2, 0) is 9.47 Å². The minimum atomic E-state index is -0.716. The van der Waals surface area contributed by atoms with Gasteiger partial charge in [-0.25, -0.2) is 8.78 Å². The van der Waals surface area contributed by atoms with Gasteiger partial charge in [0.2, 0.25) is 0 Å².